The zero-order valence-electron chi connectivity index (χ0n) is 7.16. The number of aryl methyl sites for hydroxylation is 1. The highest BCUT2D eigenvalue weighted by Gasteiger charge is 2.09. The number of hydrogen-bond donors (Lipinski definition) is 1. The highest BCUT2D eigenvalue weighted by atomic mass is 79.9. The van der Waals surface area contributed by atoms with Gasteiger partial charge < -0.3 is 5.11 Å². The number of aromatic nitrogens is 2. The first-order valence-electron chi connectivity index (χ1n) is 4.09. The molecule has 0 aliphatic rings. The molecule has 0 amide bonds. The normalized spacial score (nSPS) is 10.9. The predicted octanol–water partition coefficient (Wildman–Crippen LogP) is 2.36. The second-order valence-electron chi connectivity index (χ2n) is 2.78. The summed E-state index contributed by atoms with van der Waals surface area (Å²) >= 11 is 3.35. The summed E-state index contributed by atoms with van der Waals surface area (Å²) in [6.45, 7) is 2.01. The number of halogens is 1. The van der Waals surface area contributed by atoms with Crippen LogP contribution in [0.3, 0.4) is 0 Å². The molecule has 3 nitrogen and oxygen atoms in total. The molecule has 0 aliphatic heterocycles. The van der Waals surface area contributed by atoms with E-state index in [4.69, 9.17) is 0 Å². The lowest BCUT2D eigenvalue weighted by Crippen LogP contribution is -1.92. The van der Waals surface area contributed by atoms with E-state index in [0.717, 1.165) is 22.4 Å². The number of nitrogens with zero attached hydrogens (tertiary/aromatic N) is 2. The third-order valence-electron chi connectivity index (χ3n) is 1.98. The first kappa shape index (κ1) is 8.56. The summed E-state index contributed by atoms with van der Waals surface area (Å²) in [4.78, 5) is 4.29. The molecule has 68 valence electrons. The summed E-state index contributed by atoms with van der Waals surface area (Å²) in [5.74, 6) is 1.09. The molecule has 0 aromatic carbocycles. The number of imidazole rings is 1. The Morgan fingerprint density at radius 1 is 1.54 bits per heavy atom. The largest absolute Gasteiger partial charge is 0.494 e. The summed E-state index contributed by atoms with van der Waals surface area (Å²) in [6, 6.07) is 5.37. The van der Waals surface area contributed by atoms with Crippen molar-refractivity contribution in [3.05, 3.63) is 28.6 Å². The Morgan fingerprint density at radius 3 is 3.00 bits per heavy atom. The molecule has 0 fully saturated rings. The molecular formula is C9H9BrN2O. The van der Waals surface area contributed by atoms with Crippen LogP contribution >= 0.6 is 15.9 Å². The molecule has 0 atom stereocenters. The Morgan fingerprint density at radius 2 is 2.31 bits per heavy atom. The van der Waals surface area contributed by atoms with E-state index in [0.29, 0.717) is 0 Å². The molecule has 2 aromatic heterocycles. The minimum absolute atomic E-state index is 0.229. The van der Waals surface area contributed by atoms with Gasteiger partial charge in [-0.05, 0) is 28.1 Å². The van der Waals surface area contributed by atoms with Gasteiger partial charge in [-0.3, -0.25) is 4.40 Å². The summed E-state index contributed by atoms with van der Waals surface area (Å²) in [5.41, 5.74) is 0.900. The monoisotopic (exact) mass is 240 g/mol. The minimum atomic E-state index is 0.229. The first-order valence-corrected chi connectivity index (χ1v) is 4.88. The fourth-order valence-electron chi connectivity index (χ4n) is 1.39. The molecule has 0 saturated heterocycles. The Bertz CT molecular complexity index is 450. The zero-order valence-corrected chi connectivity index (χ0v) is 8.74. The molecule has 0 saturated carbocycles. The van der Waals surface area contributed by atoms with Crippen molar-refractivity contribution in [1.82, 2.24) is 9.38 Å². The molecule has 2 aromatic rings. The Hall–Kier alpha value is -1.03. The van der Waals surface area contributed by atoms with Crippen LogP contribution in [0.25, 0.3) is 5.52 Å². The van der Waals surface area contributed by atoms with Crippen molar-refractivity contribution >= 4 is 21.4 Å². The smallest absolute Gasteiger partial charge is 0.197 e. The van der Waals surface area contributed by atoms with Crippen LogP contribution in [0.5, 0.6) is 5.88 Å². The SMILES string of the molecule is CCc1nc(Br)c2cccc(O)n12. The summed E-state index contributed by atoms with van der Waals surface area (Å²) in [5, 5.41) is 9.60. The van der Waals surface area contributed by atoms with Crippen LogP contribution < -0.4 is 0 Å². The van der Waals surface area contributed by atoms with Crippen molar-refractivity contribution in [2.24, 2.45) is 0 Å². The van der Waals surface area contributed by atoms with Crippen molar-refractivity contribution < 1.29 is 5.11 Å². The van der Waals surface area contributed by atoms with E-state index in [1.807, 2.05) is 13.0 Å². The van der Waals surface area contributed by atoms with Crippen molar-refractivity contribution in [3.8, 4) is 5.88 Å². The Balaban J connectivity index is 2.89. The molecule has 0 unspecified atom stereocenters. The van der Waals surface area contributed by atoms with Gasteiger partial charge >= 0.3 is 0 Å². The third-order valence-corrected chi connectivity index (χ3v) is 2.57. The van der Waals surface area contributed by atoms with Crippen LogP contribution in [-0.4, -0.2) is 14.5 Å². The van der Waals surface area contributed by atoms with E-state index in [2.05, 4.69) is 20.9 Å². The molecule has 0 bridgehead atoms. The molecule has 13 heavy (non-hydrogen) atoms. The number of hydrogen-bond acceptors (Lipinski definition) is 2. The summed E-state index contributed by atoms with van der Waals surface area (Å²) in [6.07, 6.45) is 0.796. The van der Waals surface area contributed by atoms with Gasteiger partial charge in [0.1, 0.15) is 10.4 Å². The molecule has 1 N–H and O–H groups in total. The van der Waals surface area contributed by atoms with E-state index < -0.39 is 0 Å². The number of pyridine rings is 1. The first-order chi connectivity index (χ1) is 6.24. The maximum absolute atomic E-state index is 9.60. The fraction of sp³-hybridized carbons (Fsp3) is 0.222. The second kappa shape index (κ2) is 3.03. The summed E-state index contributed by atoms with van der Waals surface area (Å²) in [7, 11) is 0. The maximum Gasteiger partial charge on any atom is 0.197 e. The molecule has 0 spiro atoms. The number of fused-ring (bicyclic) bond motifs is 1. The Kier molecular flexibility index (Phi) is 2.00. The lowest BCUT2D eigenvalue weighted by Gasteiger charge is -2.00. The van der Waals surface area contributed by atoms with Crippen molar-refractivity contribution in [2.45, 2.75) is 13.3 Å². The van der Waals surface area contributed by atoms with Gasteiger partial charge in [0.05, 0.1) is 5.52 Å². The van der Waals surface area contributed by atoms with Crippen LogP contribution in [0.2, 0.25) is 0 Å². The van der Waals surface area contributed by atoms with Gasteiger partial charge in [-0.15, -0.1) is 0 Å². The van der Waals surface area contributed by atoms with Crippen molar-refractivity contribution in [3.63, 3.8) is 0 Å². The third kappa shape index (κ3) is 1.21. The average molecular weight is 241 g/mol. The van der Waals surface area contributed by atoms with Crippen LogP contribution in [0.15, 0.2) is 22.8 Å². The van der Waals surface area contributed by atoms with Crippen LogP contribution in [0.4, 0.5) is 0 Å². The maximum atomic E-state index is 9.60. The van der Waals surface area contributed by atoms with Gasteiger partial charge in [0, 0.05) is 6.42 Å². The number of rotatable bonds is 1. The van der Waals surface area contributed by atoms with Crippen LogP contribution in [0.1, 0.15) is 12.7 Å². The fourth-order valence-corrected chi connectivity index (χ4v) is 1.90. The van der Waals surface area contributed by atoms with Gasteiger partial charge in [0.2, 0.25) is 0 Å². The van der Waals surface area contributed by atoms with Gasteiger partial charge in [-0.1, -0.05) is 13.0 Å². The molecule has 2 heterocycles. The average Bonchev–Trinajstić information content (AvgIpc) is 2.45. The minimum Gasteiger partial charge on any atom is -0.494 e. The quantitative estimate of drug-likeness (QED) is 0.832. The highest BCUT2D eigenvalue weighted by Crippen LogP contribution is 2.23. The lowest BCUT2D eigenvalue weighted by atomic mass is 10.4. The summed E-state index contributed by atoms with van der Waals surface area (Å²) < 4.78 is 2.52. The van der Waals surface area contributed by atoms with E-state index in [-0.39, 0.29) is 5.88 Å². The van der Waals surface area contributed by atoms with E-state index in [1.165, 1.54) is 0 Å². The van der Waals surface area contributed by atoms with Crippen LogP contribution in [-0.2, 0) is 6.42 Å². The highest BCUT2D eigenvalue weighted by molar-refractivity contribution is 9.10. The van der Waals surface area contributed by atoms with Gasteiger partial charge in [-0.25, -0.2) is 4.98 Å². The van der Waals surface area contributed by atoms with E-state index in [1.54, 1.807) is 16.5 Å². The van der Waals surface area contributed by atoms with Gasteiger partial charge in [0.15, 0.2) is 5.88 Å². The van der Waals surface area contributed by atoms with Gasteiger partial charge in [-0.2, -0.15) is 0 Å². The van der Waals surface area contributed by atoms with Crippen molar-refractivity contribution in [1.29, 1.82) is 0 Å². The van der Waals surface area contributed by atoms with Gasteiger partial charge in [0.25, 0.3) is 0 Å². The van der Waals surface area contributed by atoms with E-state index in [9.17, 15) is 5.11 Å². The topological polar surface area (TPSA) is 37.5 Å². The van der Waals surface area contributed by atoms with Crippen molar-refractivity contribution in [2.75, 3.05) is 0 Å². The zero-order chi connectivity index (χ0) is 9.42. The molecule has 2 rings (SSSR count). The van der Waals surface area contributed by atoms with E-state index >= 15 is 0 Å². The van der Waals surface area contributed by atoms with Crippen LogP contribution in [0, 0.1) is 0 Å². The standard InChI is InChI=1S/C9H9BrN2O/c1-2-7-11-9(10)6-4-3-5-8(13)12(6)7/h3-5,13H,2H2,1H3. The Labute approximate surface area is 84.2 Å². The molecule has 0 radical (unpaired) electrons. The molecular weight excluding hydrogens is 232 g/mol. The molecule has 0 aliphatic carbocycles. The second-order valence-corrected chi connectivity index (χ2v) is 3.53. The number of aromatic hydroxyl groups is 1. The lowest BCUT2D eigenvalue weighted by molar-refractivity contribution is 0.443. The predicted molar refractivity (Wildman–Crippen MR) is 53.9 cm³/mol. The molecule has 4 heteroatoms.